The molecule has 4 nitrogen and oxygen atoms in total. The van der Waals surface area contributed by atoms with Crippen molar-refractivity contribution in [1.82, 2.24) is 5.32 Å². The molecule has 30 heavy (non-hydrogen) atoms. The molecule has 1 aromatic carbocycles. The standard InChI is InChI=1S/C23H26F3N3O/c1-14(22-9-15-5-16(10-22)7-17(6-15)11-22)29-21(30)18(12-27)13-28-20-4-2-3-19(8-20)23(24,25)26/h2-4,8,13-17,28H,5-7,9-11H2,1H3,(H,29,30)/b18-13-. The number of anilines is 1. The number of benzene rings is 1. The van der Waals surface area contributed by atoms with Crippen LogP contribution in [0.15, 0.2) is 36.0 Å². The van der Waals surface area contributed by atoms with Crippen LogP contribution in [0.25, 0.3) is 0 Å². The first-order chi connectivity index (χ1) is 14.2. The molecule has 160 valence electrons. The summed E-state index contributed by atoms with van der Waals surface area (Å²) in [6, 6.07) is 6.47. The number of halogens is 3. The van der Waals surface area contributed by atoms with Gasteiger partial charge < -0.3 is 10.6 Å². The predicted octanol–water partition coefficient (Wildman–Crippen LogP) is 5.25. The summed E-state index contributed by atoms with van der Waals surface area (Å²) >= 11 is 0. The summed E-state index contributed by atoms with van der Waals surface area (Å²) in [6.45, 7) is 2.03. The topological polar surface area (TPSA) is 64.9 Å². The fraction of sp³-hybridized carbons (Fsp3) is 0.565. The van der Waals surface area contributed by atoms with Crippen LogP contribution in [0.3, 0.4) is 0 Å². The van der Waals surface area contributed by atoms with Crippen LogP contribution < -0.4 is 10.6 Å². The molecule has 4 aliphatic carbocycles. The quantitative estimate of drug-likeness (QED) is 0.508. The van der Waals surface area contributed by atoms with E-state index in [1.165, 1.54) is 37.6 Å². The van der Waals surface area contributed by atoms with E-state index in [9.17, 15) is 23.2 Å². The minimum absolute atomic E-state index is 0.0382. The van der Waals surface area contributed by atoms with Crippen molar-refractivity contribution < 1.29 is 18.0 Å². The SMILES string of the molecule is CC(NC(=O)/C(C#N)=C\Nc1cccc(C(F)(F)F)c1)C12CC3CC(CC(C3)C1)C2. The van der Waals surface area contributed by atoms with Gasteiger partial charge in [-0.15, -0.1) is 0 Å². The molecule has 0 heterocycles. The molecule has 1 unspecified atom stereocenters. The summed E-state index contributed by atoms with van der Waals surface area (Å²) in [6.07, 6.45) is 4.05. The number of carbonyl (C=O) groups excluding carboxylic acids is 1. The zero-order valence-corrected chi connectivity index (χ0v) is 16.9. The highest BCUT2D eigenvalue weighted by atomic mass is 19.4. The number of hydrogen-bond acceptors (Lipinski definition) is 3. The smallest absolute Gasteiger partial charge is 0.360 e. The number of hydrogen-bond donors (Lipinski definition) is 2. The third-order valence-electron chi connectivity index (χ3n) is 7.29. The molecule has 1 atom stereocenters. The second kappa shape index (κ2) is 7.64. The van der Waals surface area contributed by atoms with Crippen LogP contribution in [0.5, 0.6) is 0 Å². The van der Waals surface area contributed by atoms with Crippen molar-refractivity contribution in [3.05, 3.63) is 41.6 Å². The highest BCUT2D eigenvalue weighted by molar-refractivity contribution is 5.97. The Kier molecular flexibility index (Phi) is 5.29. The van der Waals surface area contributed by atoms with Crippen LogP contribution >= 0.6 is 0 Å². The molecule has 1 amide bonds. The number of alkyl halides is 3. The first-order valence-corrected chi connectivity index (χ1v) is 10.5. The van der Waals surface area contributed by atoms with Crippen LogP contribution in [0.2, 0.25) is 0 Å². The molecule has 4 bridgehead atoms. The average molecular weight is 417 g/mol. The molecule has 4 fully saturated rings. The Morgan fingerprint density at radius 1 is 1.20 bits per heavy atom. The maximum atomic E-state index is 12.9. The lowest BCUT2D eigenvalue weighted by Crippen LogP contribution is -2.56. The van der Waals surface area contributed by atoms with Gasteiger partial charge in [0.1, 0.15) is 11.6 Å². The predicted molar refractivity (Wildman–Crippen MR) is 107 cm³/mol. The van der Waals surface area contributed by atoms with Gasteiger partial charge in [0.25, 0.3) is 5.91 Å². The van der Waals surface area contributed by atoms with Gasteiger partial charge in [-0.3, -0.25) is 4.79 Å². The van der Waals surface area contributed by atoms with Crippen LogP contribution in [0.4, 0.5) is 18.9 Å². The van der Waals surface area contributed by atoms with Gasteiger partial charge in [-0.25, -0.2) is 0 Å². The lowest BCUT2D eigenvalue weighted by atomic mass is 9.48. The third-order valence-corrected chi connectivity index (χ3v) is 7.29. The Labute approximate surface area is 174 Å². The molecule has 0 aromatic heterocycles. The van der Waals surface area contributed by atoms with E-state index >= 15 is 0 Å². The molecular formula is C23H26F3N3O. The van der Waals surface area contributed by atoms with Gasteiger partial charge in [0.2, 0.25) is 0 Å². The maximum Gasteiger partial charge on any atom is 0.416 e. The first kappa shape index (κ1) is 20.8. The maximum absolute atomic E-state index is 12.9. The lowest BCUT2D eigenvalue weighted by molar-refractivity contribution is -0.137. The van der Waals surface area contributed by atoms with Crippen LogP contribution in [-0.4, -0.2) is 11.9 Å². The van der Waals surface area contributed by atoms with E-state index in [1.54, 1.807) is 0 Å². The van der Waals surface area contributed by atoms with Gasteiger partial charge >= 0.3 is 6.18 Å². The van der Waals surface area contributed by atoms with E-state index in [2.05, 4.69) is 10.6 Å². The second-order valence-corrected chi connectivity index (χ2v) is 9.37. The molecule has 4 aliphatic rings. The second-order valence-electron chi connectivity index (χ2n) is 9.37. The fourth-order valence-electron chi connectivity index (χ4n) is 6.22. The largest absolute Gasteiger partial charge is 0.416 e. The van der Waals surface area contributed by atoms with Gasteiger partial charge in [-0.05, 0) is 86.8 Å². The zero-order chi connectivity index (χ0) is 21.5. The molecule has 0 radical (unpaired) electrons. The summed E-state index contributed by atoms with van der Waals surface area (Å²) in [5.74, 6) is 1.78. The molecule has 5 rings (SSSR count). The first-order valence-electron chi connectivity index (χ1n) is 10.5. The minimum Gasteiger partial charge on any atom is -0.360 e. The lowest BCUT2D eigenvalue weighted by Gasteiger charge is -2.59. The highest BCUT2D eigenvalue weighted by Gasteiger charge is 2.53. The number of nitriles is 1. The Morgan fingerprint density at radius 3 is 2.33 bits per heavy atom. The van der Waals surface area contributed by atoms with Gasteiger partial charge in [0.05, 0.1) is 5.56 Å². The van der Waals surface area contributed by atoms with Crippen molar-refractivity contribution in [1.29, 1.82) is 5.26 Å². The highest BCUT2D eigenvalue weighted by Crippen LogP contribution is 2.61. The summed E-state index contributed by atoms with van der Waals surface area (Å²) in [4.78, 5) is 12.7. The van der Waals surface area contributed by atoms with E-state index in [0.29, 0.717) is 0 Å². The zero-order valence-electron chi connectivity index (χ0n) is 16.9. The molecular weight excluding hydrogens is 391 g/mol. The van der Waals surface area contributed by atoms with E-state index in [1.807, 2.05) is 13.0 Å². The Bertz CT molecular complexity index is 864. The summed E-state index contributed by atoms with van der Waals surface area (Å²) in [5.41, 5.74) is -0.665. The van der Waals surface area contributed by atoms with Crippen molar-refractivity contribution in [2.75, 3.05) is 5.32 Å². The normalized spacial score (nSPS) is 31.2. The fourth-order valence-corrected chi connectivity index (χ4v) is 6.22. The number of amides is 1. The molecule has 0 aliphatic heterocycles. The van der Waals surface area contributed by atoms with E-state index in [4.69, 9.17) is 0 Å². The van der Waals surface area contributed by atoms with Crippen LogP contribution in [0, 0.1) is 34.5 Å². The Balaban J connectivity index is 1.43. The van der Waals surface area contributed by atoms with Gasteiger partial charge in [-0.1, -0.05) is 6.07 Å². The van der Waals surface area contributed by atoms with Crippen LogP contribution in [0.1, 0.15) is 51.0 Å². The molecule has 2 N–H and O–H groups in total. The van der Waals surface area contributed by atoms with E-state index < -0.39 is 17.6 Å². The molecule has 0 spiro atoms. The van der Waals surface area contributed by atoms with E-state index in [-0.39, 0.29) is 22.7 Å². The van der Waals surface area contributed by atoms with Crippen molar-refractivity contribution in [2.24, 2.45) is 23.2 Å². The van der Waals surface area contributed by atoms with Crippen molar-refractivity contribution in [3.8, 4) is 6.07 Å². The molecule has 0 saturated heterocycles. The summed E-state index contributed by atoms with van der Waals surface area (Å²) < 4.78 is 38.6. The van der Waals surface area contributed by atoms with E-state index in [0.717, 1.165) is 49.1 Å². The van der Waals surface area contributed by atoms with Gasteiger partial charge in [0, 0.05) is 17.9 Å². The molecule has 4 saturated carbocycles. The Hall–Kier alpha value is -2.49. The van der Waals surface area contributed by atoms with Crippen molar-refractivity contribution in [2.45, 2.75) is 57.7 Å². The van der Waals surface area contributed by atoms with Crippen LogP contribution in [-0.2, 0) is 11.0 Å². The number of carbonyl (C=O) groups is 1. The molecule has 1 aromatic rings. The summed E-state index contributed by atoms with van der Waals surface area (Å²) in [5, 5.41) is 15.1. The number of rotatable bonds is 5. The minimum atomic E-state index is -4.45. The average Bonchev–Trinajstić information content (AvgIpc) is 2.67. The number of nitrogens with zero attached hydrogens (tertiary/aromatic N) is 1. The Morgan fingerprint density at radius 2 is 1.80 bits per heavy atom. The summed E-state index contributed by atoms with van der Waals surface area (Å²) in [7, 11) is 0. The molecule has 7 heteroatoms. The van der Waals surface area contributed by atoms with Gasteiger partial charge in [0.15, 0.2) is 0 Å². The van der Waals surface area contributed by atoms with Crippen molar-refractivity contribution >= 4 is 11.6 Å². The monoisotopic (exact) mass is 417 g/mol. The third kappa shape index (κ3) is 4.05. The van der Waals surface area contributed by atoms with Crippen molar-refractivity contribution in [3.63, 3.8) is 0 Å². The van der Waals surface area contributed by atoms with Gasteiger partial charge in [-0.2, -0.15) is 18.4 Å². The number of nitrogens with one attached hydrogen (secondary N) is 2.